The second-order valence-electron chi connectivity index (χ2n) is 21.8. The summed E-state index contributed by atoms with van der Waals surface area (Å²) in [4.78, 5) is 56.1. The van der Waals surface area contributed by atoms with Gasteiger partial charge in [-0.15, -0.1) is 0 Å². The molecule has 40 heteroatoms. The molecule has 0 aliphatic heterocycles. The third-order valence-corrected chi connectivity index (χ3v) is 13.2. The van der Waals surface area contributed by atoms with E-state index in [2.05, 4.69) is 35.9 Å². The van der Waals surface area contributed by atoms with Gasteiger partial charge in [0.2, 0.25) is 0 Å². The van der Waals surface area contributed by atoms with Crippen LogP contribution >= 0.6 is 0 Å². The Morgan fingerprint density at radius 1 is 0.333 bits per heavy atom. The lowest BCUT2D eigenvalue weighted by atomic mass is 10.1. The first-order chi connectivity index (χ1) is 44.1. The molecule has 0 spiro atoms. The van der Waals surface area contributed by atoms with Crippen LogP contribution < -0.4 is 62.5 Å². The van der Waals surface area contributed by atoms with Gasteiger partial charge in [0.25, 0.3) is 0 Å². The summed E-state index contributed by atoms with van der Waals surface area (Å²) in [6, 6.07) is 0.739. The summed E-state index contributed by atoms with van der Waals surface area (Å²) < 4.78 is 189. The Balaban J connectivity index is -0.000000297. The number of carbonyl (C=O) groups is 6. The van der Waals surface area contributed by atoms with Crippen molar-refractivity contribution in [2.75, 3.05) is 78.7 Å². The zero-order valence-corrected chi connectivity index (χ0v) is 54.2. The van der Waals surface area contributed by atoms with Crippen molar-refractivity contribution in [1.29, 1.82) is 0 Å². The summed E-state index contributed by atoms with van der Waals surface area (Å²) >= 11 is 0. The predicted molar refractivity (Wildman–Crippen MR) is 292 cm³/mol. The highest BCUT2D eigenvalue weighted by atomic mass is 19.4. The molecule has 0 radical (unpaired) electrons. The second-order valence-corrected chi connectivity index (χ2v) is 21.8. The van der Waals surface area contributed by atoms with Crippen molar-refractivity contribution < 1.29 is 191 Å². The molecule has 96 heavy (non-hydrogen) atoms. The topological polar surface area (TPSA) is 419 Å². The summed E-state index contributed by atoms with van der Waals surface area (Å²) in [5.41, 5.74) is 8.48. The zero-order chi connectivity index (χ0) is 76.2. The number of hydrogen-bond donors (Lipinski definition) is 10. The Bertz CT molecular complexity index is 1650. The molecule has 0 saturated carbocycles. The van der Waals surface area contributed by atoms with Crippen LogP contribution in [0.5, 0.6) is 0 Å². The van der Waals surface area contributed by atoms with Crippen LogP contribution in [0.4, 0.5) is 79.0 Å². The molecule has 6 unspecified atom stereocenters. The van der Waals surface area contributed by atoms with Crippen LogP contribution in [-0.2, 0) is 28.8 Å². The van der Waals surface area contributed by atoms with Gasteiger partial charge in [0, 0.05) is 12.8 Å². The molecule has 0 rings (SSSR count). The lowest BCUT2D eigenvalue weighted by Gasteiger charge is -2.25. The van der Waals surface area contributed by atoms with Gasteiger partial charge in [-0.3, -0.25) is 0 Å². The number of alkyl halides is 18. The van der Waals surface area contributed by atoms with Gasteiger partial charge in [-0.05, 0) is 25.7 Å². The van der Waals surface area contributed by atoms with E-state index in [-0.39, 0.29) is 13.2 Å². The molecule has 578 valence electrons. The Labute approximate surface area is 546 Å². The summed E-state index contributed by atoms with van der Waals surface area (Å²) in [6.45, 7) is 13.9. The number of hydrogen-bond acceptors (Lipinski definition) is 16. The van der Waals surface area contributed by atoms with Gasteiger partial charge in [0.05, 0.1) is 39.4 Å². The molecule has 22 nitrogen and oxygen atoms in total. The number of carboxylic acids is 6. The van der Waals surface area contributed by atoms with Crippen LogP contribution in [0.25, 0.3) is 0 Å². The molecular weight excluding hydrogens is 1350 g/mol. The highest BCUT2D eigenvalue weighted by Gasteiger charge is 2.32. The van der Waals surface area contributed by atoms with Gasteiger partial charge >= 0.3 is 37.1 Å². The van der Waals surface area contributed by atoms with Crippen molar-refractivity contribution in [2.45, 2.75) is 242 Å². The molecular formula is C56H102F18N6O16. The maximum atomic E-state index is 10.5. The fourth-order valence-electron chi connectivity index (χ4n) is 8.04. The van der Waals surface area contributed by atoms with Gasteiger partial charge in [-0.1, -0.05) is 142 Å². The average Bonchev–Trinajstić information content (AvgIpc) is 1.69. The average molecular weight is 1460 g/mol. The summed E-state index contributed by atoms with van der Waals surface area (Å²) in [5.74, 6) is -18.0. The molecule has 0 aromatic rings. The maximum absolute atomic E-state index is 10.5. The SMILES string of the molecule is CCCCCCCCCCCCCC[NH+](CCCC[NH+](CCCCCCCCCCCCCC)CC(C[NH3+])[NH2+]CC(O)CO)CC(C[NH3+])[NH2+]CC(O)CO.O=C([O-])C(F)(F)F.O=C([O-])C(F)(F)F.O=C([O-])C(F)(F)F.O=C([O-])C(F)(F)F.O=C([O-])C(F)(F)F.O=C([O-])C(F)(F)F. The molecule has 0 bridgehead atoms. The number of halogens is 18. The molecule has 0 saturated heterocycles. The fourth-order valence-corrected chi connectivity index (χ4v) is 8.04. The Kier molecular flexibility index (Phi) is 68.0. The molecule has 16 N–H and O–H groups in total. The number of quaternary nitrogens is 6. The van der Waals surface area contributed by atoms with E-state index >= 15 is 0 Å². The van der Waals surface area contributed by atoms with Crippen LogP contribution in [0.1, 0.15) is 181 Å². The van der Waals surface area contributed by atoms with Crippen molar-refractivity contribution in [3.63, 3.8) is 0 Å². The smallest absolute Gasteiger partial charge is 0.430 e. The minimum absolute atomic E-state index is 0.178. The third-order valence-electron chi connectivity index (χ3n) is 13.2. The van der Waals surface area contributed by atoms with E-state index in [1.54, 1.807) is 9.80 Å². The quantitative estimate of drug-likeness (QED) is 0.0204. The van der Waals surface area contributed by atoms with Crippen LogP contribution in [-0.4, -0.2) is 196 Å². The van der Waals surface area contributed by atoms with Gasteiger partial charge in [-0.2, -0.15) is 79.0 Å². The lowest BCUT2D eigenvalue weighted by Crippen LogP contribution is -3.18. The standard InChI is InChI=1S/C44H96N6O4.6C2HF3O2/c1-3-5-7-9-11-13-15-17-19-21-23-25-29-49(37-41(33-45)47-35-43(53)39-51)31-27-28-32-50(38-42(34-46)48-36-44(54)40-52)30-26-24-22-20-18-16-14-12-10-8-6-4-2;6*3-2(4,5)1(6)7/h41-44,47-48,51-54H,3-40,45-46H2,1-2H3;6*(H,6,7). The van der Waals surface area contributed by atoms with Crippen molar-refractivity contribution in [2.24, 2.45) is 0 Å². The summed E-state index contributed by atoms with van der Waals surface area (Å²) in [5, 5.41) is 95.7. The second kappa shape index (κ2) is 62.4. The van der Waals surface area contributed by atoms with E-state index in [4.69, 9.17) is 59.4 Å². The van der Waals surface area contributed by atoms with Crippen LogP contribution in [0.3, 0.4) is 0 Å². The van der Waals surface area contributed by atoms with Gasteiger partial charge in [-0.25, -0.2) is 0 Å². The molecule has 0 aromatic carbocycles. The van der Waals surface area contributed by atoms with Crippen LogP contribution in [0.15, 0.2) is 0 Å². The van der Waals surface area contributed by atoms with Crippen molar-refractivity contribution in [1.82, 2.24) is 0 Å². The van der Waals surface area contributed by atoms with E-state index < -0.39 is 85.1 Å². The number of carboxylic acid groups (broad SMARTS) is 6. The third kappa shape index (κ3) is 81.6. The number of rotatable bonds is 45. The number of aliphatic carboxylic acids is 6. The van der Waals surface area contributed by atoms with E-state index in [1.807, 2.05) is 0 Å². The van der Waals surface area contributed by atoms with Crippen molar-refractivity contribution >= 4 is 35.8 Å². The predicted octanol–water partition coefficient (Wildman–Crippen LogP) is -4.22. The Hall–Kier alpha value is -4.84. The molecule has 6 atom stereocenters. The summed E-state index contributed by atoms with van der Waals surface area (Å²) in [7, 11) is 0. The molecule has 0 aliphatic rings. The van der Waals surface area contributed by atoms with E-state index in [9.17, 15) is 99.5 Å². The number of carbonyl (C=O) groups excluding carboxylic acids is 6. The first kappa shape index (κ1) is 105. The van der Waals surface area contributed by atoms with E-state index in [1.165, 1.54) is 193 Å². The van der Waals surface area contributed by atoms with E-state index in [0.29, 0.717) is 25.2 Å². The van der Waals surface area contributed by atoms with Gasteiger partial charge < -0.3 is 112 Å². The van der Waals surface area contributed by atoms with Crippen LogP contribution in [0.2, 0.25) is 0 Å². The monoisotopic (exact) mass is 1460 g/mol. The zero-order valence-electron chi connectivity index (χ0n) is 54.2. The van der Waals surface area contributed by atoms with Gasteiger partial charge in [0.15, 0.2) is 12.1 Å². The fraction of sp³-hybridized carbons (Fsp3) is 0.893. The van der Waals surface area contributed by atoms with Crippen LogP contribution in [0, 0.1) is 0 Å². The molecule has 0 heterocycles. The first-order valence-electron chi connectivity index (χ1n) is 31.3. The van der Waals surface area contributed by atoms with Crippen molar-refractivity contribution in [3.8, 4) is 0 Å². The number of nitrogens with two attached hydrogens (primary N) is 2. The van der Waals surface area contributed by atoms with Crippen molar-refractivity contribution in [3.05, 3.63) is 0 Å². The minimum atomic E-state index is -5.19. The maximum Gasteiger partial charge on any atom is 0.430 e. The highest BCUT2D eigenvalue weighted by molar-refractivity contribution is 5.72. The highest BCUT2D eigenvalue weighted by Crippen LogP contribution is 2.16. The summed E-state index contributed by atoms with van der Waals surface area (Å²) in [6.07, 6.45) is 3.00. The number of aliphatic hydroxyl groups excluding tert-OH is 4. The first-order valence-corrected chi connectivity index (χ1v) is 31.3. The normalized spacial score (nSPS) is 13.6. The number of aliphatic hydroxyl groups is 4. The van der Waals surface area contributed by atoms with E-state index in [0.717, 1.165) is 26.2 Å². The molecule has 0 aromatic heterocycles. The lowest BCUT2D eigenvalue weighted by molar-refractivity contribution is -0.927. The minimum Gasteiger partial charge on any atom is -0.542 e. The number of nitrogens with one attached hydrogen (secondary N) is 2. The largest absolute Gasteiger partial charge is 0.542 e. The van der Waals surface area contributed by atoms with Gasteiger partial charge in [0.1, 0.15) is 87.3 Å². The number of unbranched alkanes of at least 4 members (excludes halogenated alkanes) is 23. The molecule has 0 aliphatic carbocycles. The molecule has 0 amide bonds. The molecule has 0 fully saturated rings. The Morgan fingerprint density at radius 2 is 0.479 bits per heavy atom. The Morgan fingerprint density at radius 3 is 0.615 bits per heavy atom.